The Morgan fingerprint density at radius 1 is 1.07 bits per heavy atom. The highest BCUT2D eigenvalue weighted by molar-refractivity contribution is 7.91. The minimum absolute atomic E-state index is 0.0213. The maximum absolute atomic E-state index is 14.8. The largest absolute Gasteiger partial charge is 0.489 e. The van der Waals surface area contributed by atoms with Crippen LogP contribution in [-0.2, 0) is 29.1 Å². The van der Waals surface area contributed by atoms with E-state index in [1.54, 1.807) is 27.0 Å². The molecular weight excluding hydrogens is 741 g/mol. The molecular formula is C40H54N6O9S. The second kappa shape index (κ2) is 15.1. The lowest BCUT2D eigenvalue weighted by Gasteiger charge is -2.33. The molecule has 2 aromatic rings. The lowest BCUT2D eigenvalue weighted by atomic mass is 9.88. The average molecular weight is 795 g/mol. The second-order valence-electron chi connectivity index (χ2n) is 17.3. The van der Waals surface area contributed by atoms with Gasteiger partial charge in [0, 0.05) is 36.4 Å². The molecule has 7 atom stereocenters. The van der Waals surface area contributed by atoms with Crippen molar-refractivity contribution in [2.45, 2.75) is 114 Å². The summed E-state index contributed by atoms with van der Waals surface area (Å²) < 4.78 is 46.2. The molecule has 1 aromatic carbocycles. The number of anilines is 1. The van der Waals surface area contributed by atoms with Gasteiger partial charge in [-0.1, -0.05) is 26.0 Å². The maximum Gasteiger partial charge on any atom is 0.408 e. The van der Waals surface area contributed by atoms with Crippen molar-refractivity contribution in [2.75, 3.05) is 31.6 Å². The van der Waals surface area contributed by atoms with E-state index in [0.717, 1.165) is 29.8 Å². The fraction of sp³-hybridized carbons (Fsp3) is 0.625. The number of nitrogens with one attached hydrogen (secondary N) is 3. The second-order valence-corrected chi connectivity index (χ2v) is 19.2. The molecule has 0 spiro atoms. The summed E-state index contributed by atoms with van der Waals surface area (Å²) in [6.07, 6.45) is 7.24. The summed E-state index contributed by atoms with van der Waals surface area (Å²) in [6.45, 7) is 10.4. The summed E-state index contributed by atoms with van der Waals surface area (Å²) in [5.41, 5.74) is -1.39. The summed E-state index contributed by atoms with van der Waals surface area (Å²) in [4.78, 5) is 64.5. The molecule has 15 nitrogen and oxygen atoms in total. The molecule has 4 amide bonds. The predicted molar refractivity (Wildman–Crippen MR) is 209 cm³/mol. The predicted octanol–water partition coefficient (Wildman–Crippen LogP) is 3.80. The number of benzene rings is 1. The van der Waals surface area contributed by atoms with E-state index >= 15 is 0 Å². The van der Waals surface area contributed by atoms with Gasteiger partial charge in [0.1, 0.15) is 35.9 Å². The molecule has 3 aliphatic heterocycles. The number of carbonyl (C=O) groups is 4. The SMILES string of the molecule is CC1CCC=CC2CC2(C(=O)NS(=O)(=O)C2CC2)NC(=O)C2CC(Oc3nccc4c5c(ccc34)N(C)CCO5)CN2C(=O)C(NC(=O)OC(C)(C)C)C(C)C1. The third kappa shape index (κ3) is 8.25. The van der Waals surface area contributed by atoms with Crippen LogP contribution < -0.4 is 29.7 Å². The topological polar surface area (TPSA) is 186 Å². The third-order valence-corrected chi connectivity index (χ3v) is 13.3. The first kappa shape index (κ1) is 39.6. The quantitative estimate of drug-likeness (QED) is 0.362. The number of ether oxygens (including phenoxy) is 3. The van der Waals surface area contributed by atoms with Crippen molar-refractivity contribution in [3.63, 3.8) is 0 Å². The zero-order valence-corrected chi connectivity index (χ0v) is 33.8. The van der Waals surface area contributed by atoms with E-state index in [9.17, 15) is 27.6 Å². The monoisotopic (exact) mass is 794 g/mol. The smallest absolute Gasteiger partial charge is 0.408 e. The highest BCUT2D eigenvalue weighted by Crippen LogP contribution is 2.46. The van der Waals surface area contributed by atoms with Crippen LogP contribution >= 0.6 is 0 Å². The maximum atomic E-state index is 14.8. The molecule has 3 N–H and O–H groups in total. The summed E-state index contributed by atoms with van der Waals surface area (Å²) >= 11 is 0. The fourth-order valence-electron chi connectivity index (χ4n) is 8.23. The molecule has 16 heteroatoms. The molecule has 304 valence electrons. The van der Waals surface area contributed by atoms with E-state index in [2.05, 4.69) is 32.2 Å². The van der Waals surface area contributed by atoms with E-state index in [0.29, 0.717) is 43.6 Å². The van der Waals surface area contributed by atoms with E-state index in [4.69, 9.17) is 14.2 Å². The van der Waals surface area contributed by atoms with Crippen molar-refractivity contribution in [2.24, 2.45) is 17.8 Å². The zero-order chi connectivity index (χ0) is 40.2. The van der Waals surface area contributed by atoms with Gasteiger partial charge in [0.05, 0.1) is 24.0 Å². The Morgan fingerprint density at radius 3 is 2.57 bits per heavy atom. The molecule has 2 aliphatic carbocycles. The van der Waals surface area contributed by atoms with Crippen LogP contribution in [0, 0.1) is 17.8 Å². The Morgan fingerprint density at radius 2 is 1.84 bits per heavy atom. The normalized spacial score (nSPS) is 29.8. The molecule has 7 unspecified atom stereocenters. The van der Waals surface area contributed by atoms with Crippen LogP contribution in [0.4, 0.5) is 10.5 Å². The van der Waals surface area contributed by atoms with E-state index in [1.165, 1.54) is 4.90 Å². The first-order valence-corrected chi connectivity index (χ1v) is 21.3. The molecule has 2 saturated carbocycles. The number of fused-ring (bicyclic) bond motifs is 5. The summed E-state index contributed by atoms with van der Waals surface area (Å²) in [5, 5.41) is 6.61. The Kier molecular flexibility index (Phi) is 10.7. The summed E-state index contributed by atoms with van der Waals surface area (Å²) in [7, 11) is -1.90. The van der Waals surface area contributed by atoms with Gasteiger partial charge in [-0.3, -0.25) is 19.1 Å². The lowest BCUT2D eigenvalue weighted by molar-refractivity contribution is -0.142. The number of rotatable bonds is 6. The van der Waals surface area contributed by atoms with Crippen molar-refractivity contribution in [1.82, 2.24) is 25.2 Å². The van der Waals surface area contributed by atoms with Crippen molar-refractivity contribution >= 4 is 50.3 Å². The first-order valence-electron chi connectivity index (χ1n) is 19.7. The Bertz CT molecular complexity index is 2030. The number of sulfonamides is 1. The van der Waals surface area contributed by atoms with Gasteiger partial charge < -0.3 is 34.6 Å². The highest BCUT2D eigenvalue weighted by Gasteiger charge is 2.62. The molecule has 0 bridgehead atoms. The highest BCUT2D eigenvalue weighted by atomic mass is 32.2. The fourth-order valence-corrected chi connectivity index (χ4v) is 9.59. The number of pyridine rings is 1. The van der Waals surface area contributed by atoms with Crippen molar-refractivity contribution in [3.05, 3.63) is 36.5 Å². The summed E-state index contributed by atoms with van der Waals surface area (Å²) in [6, 6.07) is 3.55. The van der Waals surface area contributed by atoms with E-state index in [1.807, 2.05) is 44.3 Å². The molecule has 4 heterocycles. The van der Waals surface area contributed by atoms with Gasteiger partial charge in [-0.15, -0.1) is 0 Å². The van der Waals surface area contributed by atoms with Crippen LogP contribution in [0.25, 0.3) is 10.8 Å². The number of allylic oxidation sites excluding steroid dienone is 1. The van der Waals surface area contributed by atoms with Crippen LogP contribution in [0.1, 0.15) is 79.6 Å². The van der Waals surface area contributed by atoms with Gasteiger partial charge in [0.2, 0.25) is 27.7 Å². The summed E-state index contributed by atoms with van der Waals surface area (Å²) in [5.74, 6) is -1.50. The van der Waals surface area contributed by atoms with Gasteiger partial charge in [-0.05, 0) is 89.3 Å². The molecule has 3 fully saturated rings. The number of hydrogen-bond acceptors (Lipinski definition) is 11. The van der Waals surface area contributed by atoms with E-state index < -0.39 is 74.3 Å². The number of hydrogen-bond donors (Lipinski definition) is 3. The molecule has 1 saturated heterocycles. The number of carbonyl (C=O) groups excluding carboxylic acids is 4. The molecule has 7 rings (SSSR count). The third-order valence-electron chi connectivity index (χ3n) is 11.5. The van der Waals surface area contributed by atoms with Gasteiger partial charge >= 0.3 is 6.09 Å². The van der Waals surface area contributed by atoms with Crippen LogP contribution in [-0.4, -0.2) is 103 Å². The Hall–Kier alpha value is -4.60. The van der Waals surface area contributed by atoms with Crippen LogP contribution in [0.2, 0.25) is 0 Å². The molecule has 5 aliphatic rings. The van der Waals surface area contributed by atoms with Crippen molar-refractivity contribution in [1.29, 1.82) is 0 Å². The number of aromatic nitrogens is 1. The van der Waals surface area contributed by atoms with Gasteiger partial charge in [-0.25, -0.2) is 18.2 Å². The average Bonchev–Trinajstić information content (AvgIpc) is 4.05. The van der Waals surface area contributed by atoms with Gasteiger partial charge in [0.25, 0.3) is 5.91 Å². The zero-order valence-electron chi connectivity index (χ0n) is 33.0. The number of likely N-dealkylation sites (N-methyl/N-ethyl adjacent to an activating group) is 1. The Balaban J connectivity index is 1.22. The lowest BCUT2D eigenvalue weighted by Crippen LogP contribution is -2.59. The number of alkyl carbamates (subject to hydrolysis) is 1. The minimum atomic E-state index is -3.90. The number of nitrogens with zero attached hydrogens (tertiary/aromatic N) is 3. The molecule has 0 radical (unpaired) electrons. The first-order chi connectivity index (χ1) is 26.5. The minimum Gasteiger partial charge on any atom is -0.489 e. The molecule has 1 aromatic heterocycles. The number of amides is 4. The van der Waals surface area contributed by atoms with Gasteiger partial charge in [0.15, 0.2) is 5.75 Å². The van der Waals surface area contributed by atoms with Crippen molar-refractivity contribution < 1.29 is 41.8 Å². The Labute approximate surface area is 328 Å². The van der Waals surface area contributed by atoms with Crippen molar-refractivity contribution in [3.8, 4) is 11.6 Å². The van der Waals surface area contributed by atoms with Crippen LogP contribution in [0.3, 0.4) is 0 Å². The molecule has 56 heavy (non-hydrogen) atoms. The van der Waals surface area contributed by atoms with Crippen LogP contribution in [0.15, 0.2) is 36.5 Å². The standard InChI is InChI=1S/C40H54N6O9S/c1-23-9-7-8-10-25-21-40(25,37(49)44-56(51,52)27-11-12-27)43-34(47)31-20-26(22-46(31)36(48)32(24(2)19-23)42-38(50)55-39(3,4)5)54-35-29-13-14-30-33(28(29)15-16-41-35)53-18-17-45(30)6/h8,10,13-16,23-27,31-32H,7,9,11-12,17-22H2,1-6H3,(H,42,50)(H,43,47)(H,44,49). The van der Waals surface area contributed by atoms with Crippen LogP contribution in [0.5, 0.6) is 11.6 Å². The van der Waals surface area contributed by atoms with E-state index in [-0.39, 0.29) is 31.2 Å². The van der Waals surface area contributed by atoms with Gasteiger partial charge in [-0.2, -0.15) is 0 Å².